The van der Waals surface area contributed by atoms with Gasteiger partial charge in [0.05, 0.1) is 18.3 Å². The van der Waals surface area contributed by atoms with Gasteiger partial charge in [-0.25, -0.2) is 9.37 Å². The van der Waals surface area contributed by atoms with Crippen molar-refractivity contribution in [2.45, 2.75) is 31.9 Å². The van der Waals surface area contributed by atoms with Gasteiger partial charge in [-0.05, 0) is 58.1 Å². The first-order chi connectivity index (χ1) is 14.3. The van der Waals surface area contributed by atoms with Crippen LogP contribution in [-0.4, -0.2) is 49.1 Å². The Morgan fingerprint density at radius 3 is 2.70 bits per heavy atom. The predicted molar refractivity (Wildman–Crippen MR) is 114 cm³/mol. The molecule has 1 aromatic heterocycles. The van der Waals surface area contributed by atoms with Gasteiger partial charge in [0.2, 0.25) is 5.88 Å². The third-order valence-electron chi connectivity index (χ3n) is 5.12. The van der Waals surface area contributed by atoms with Crippen LogP contribution < -0.4 is 14.8 Å². The number of nitrogens with zero attached hydrogens (tertiary/aromatic N) is 2. The number of aromatic nitrogens is 1. The molecule has 1 amide bonds. The zero-order valence-electron chi connectivity index (χ0n) is 17.0. The molecule has 0 saturated carbocycles. The number of rotatable bonds is 6. The molecule has 0 aliphatic carbocycles. The van der Waals surface area contributed by atoms with Gasteiger partial charge in [0.1, 0.15) is 23.2 Å². The van der Waals surface area contributed by atoms with E-state index in [4.69, 9.17) is 32.7 Å². The molecule has 1 N–H and O–H groups in total. The number of methoxy groups -OCH3 is 1. The highest BCUT2D eigenvalue weighted by Crippen LogP contribution is 2.35. The van der Waals surface area contributed by atoms with Crippen molar-refractivity contribution in [3.8, 4) is 11.6 Å². The van der Waals surface area contributed by atoms with Gasteiger partial charge in [0.15, 0.2) is 0 Å². The van der Waals surface area contributed by atoms with Crippen molar-refractivity contribution in [1.82, 2.24) is 15.2 Å². The Balaban J connectivity index is 1.79. The van der Waals surface area contributed by atoms with Gasteiger partial charge in [0.25, 0.3) is 5.91 Å². The average Bonchev–Trinajstić information content (AvgIpc) is 2.72. The smallest absolute Gasteiger partial charge is 0.257 e. The van der Waals surface area contributed by atoms with Crippen molar-refractivity contribution in [3.63, 3.8) is 0 Å². The van der Waals surface area contributed by atoms with Crippen LogP contribution in [0.2, 0.25) is 10.0 Å². The molecule has 1 aromatic carbocycles. The minimum atomic E-state index is -0.666. The summed E-state index contributed by atoms with van der Waals surface area (Å²) in [5.41, 5.74) is 0.587. The number of piperidine rings is 1. The molecule has 1 aliphatic heterocycles. The van der Waals surface area contributed by atoms with E-state index in [0.717, 1.165) is 25.9 Å². The lowest BCUT2D eigenvalue weighted by Gasteiger charge is -2.29. The van der Waals surface area contributed by atoms with Crippen LogP contribution in [0.4, 0.5) is 4.39 Å². The van der Waals surface area contributed by atoms with E-state index in [0.29, 0.717) is 11.3 Å². The lowest BCUT2D eigenvalue weighted by atomic mass is 10.1. The minimum Gasteiger partial charge on any atom is -0.484 e. The van der Waals surface area contributed by atoms with Crippen LogP contribution in [0.3, 0.4) is 0 Å². The third kappa shape index (κ3) is 5.14. The van der Waals surface area contributed by atoms with Crippen LogP contribution in [0.25, 0.3) is 0 Å². The van der Waals surface area contributed by atoms with Crippen LogP contribution in [0, 0.1) is 5.82 Å². The van der Waals surface area contributed by atoms with Crippen molar-refractivity contribution in [1.29, 1.82) is 0 Å². The number of pyridine rings is 1. The van der Waals surface area contributed by atoms with Gasteiger partial charge in [0, 0.05) is 16.6 Å². The largest absolute Gasteiger partial charge is 0.484 e. The lowest BCUT2D eigenvalue weighted by molar-refractivity contribution is 0.0912. The first-order valence-electron chi connectivity index (χ1n) is 9.63. The molecule has 0 bridgehead atoms. The number of likely N-dealkylation sites (tertiary alicyclic amines) is 1. The second-order valence-corrected chi connectivity index (χ2v) is 8.08. The predicted octanol–water partition coefficient (Wildman–Crippen LogP) is 4.50. The van der Waals surface area contributed by atoms with E-state index in [9.17, 15) is 9.18 Å². The number of hydrogen-bond acceptors (Lipinski definition) is 5. The fraction of sp³-hybridized carbons (Fsp3) is 0.429. The highest BCUT2D eigenvalue weighted by atomic mass is 35.5. The normalized spacial score (nSPS) is 16.2. The van der Waals surface area contributed by atoms with Crippen LogP contribution >= 0.6 is 23.2 Å². The SMILES string of the molecule is COc1ncc(O[C@H](C)c2c(Cl)ccc(F)c2Cl)cc1C(=O)NC1CCN(C)CC1. The maximum atomic E-state index is 13.8. The van der Waals surface area contributed by atoms with Crippen LogP contribution in [0.5, 0.6) is 11.6 Å². The van der Waals surface area contributed by atoms with Crippen molar-refractivity contribution >= 4 is 29.1 Å². The second kappa shape index (κ2) is 9.81. The summed E-state index contributed by atoms with van der Waals surface area (Å²) in [7, 11) is 3.51. The Kier molecular flexibility index (Phi) is 7.39. The van der Waals surface area contributed by atoms with E-state index < -0.39 is 11.9 Å². The van der Waals surface area contributed by atoms with Gasteiger partial charge >= 0.3 is 0 Å². The Labute approximate surface area is 185 Å². The van der Waals surface area contributed by atoms with Gasteiger partial charge in [-0.3, -0.25) is 4.79 Å². The minimum absolute atomic E-state index is 0.0896. The number of carbonyl (C=O) groups is 1. The van der Waals surface area contributed by atoms with Crippen molar-refractivity contribution < 1.29 is 18.7 Å². The Morgan fingerprint density at radius 1 is 1.33 bits per heavy atom. The molecule has 2 aromatic rings. The number of amides is 1. The van der Waals surface area contributed by atoms with E-state index in [2.05, 4.69) is 22.2 Å². The molecule has 162 valence electrons. The molecule has 6 nitrogen and oxygen atoms in total. The van der Waals surface area contributed by atoms with Gasteiger partial charge in [-0.15, -0.1) is 0 Å². The van der Waals surface area contributed by atoms with Crippen molar-refractivity contribution in [3.05, 3.63) is 51.4 Å². The molecule has 0 spiro atoms. The number of halogens is 3. The summed E-state index contributed by atoms with van der Waals surface area (Å²) >= 11 is 12.2. The topological polar surface area (TPSA) is 63.7 Å². The van der Waals surface area contributed by atoms with Crippen LogP contribution in [0.1, 0.15) is 41.8 Å². The van der Waals surface area contributed by atoms with Crippen LogP contribution in [-0.2, 0) is 0 Å². The van der Waals surface area contributed by atoms with Crippen molar-refractivity contribution in [2.75, 3.05) is 27.2 Å². The summed E-state index contributed by atoms with van der Waals surface area (Å²) in [6.45, 7) is 3.54. The number of carbonyl (C=O) groups excluding carboxylic acids is 1. The zero-order chi connectivity index (χ0) is 21.8. The first-order valence-corrected chi connectivity index (χ1v) is 10.4. The highest BCUT2D eigenvalue weighted by molar-refractivity contribution is 6.36. The lowest BCUT2D eigenvalue weighted by Crippen LogP contribution is -2.43. The molecule has 9 heteroatoms. The van der Waals surface area contributed by atoms with E-state index >= 15 is 0 Å². The molecule has 0 radical (unpaired) electrons. The molecule has 2 heterocycles. The maximum absolute atomic E-state index is 13.8. The second-order valence-electron chi connectivity index (χ2n) is 7.30. The number of ether oxygens (including phenoxy) is 2. The summed E-state index contributed by atoms with van der Waals surface area (Å²) in [6, 6.07) is 4.26. The summed E-state index contributed by atoms with van der Waals surface area (Å²) in [5, 5.41) is 3.22. The Morgan fingerprint density at radius 2 is 2.03 bits per heavy atom. The van der Waals surface area contributed by atoms with E-state index in [-0.39, 0.29) is 33.4 Å². The van der Waals surface area contributed by atoms with Gasteiger partial charge in [-0.1, -0.05) is 23.2 Å². The third-order valence-corrected chi connectivity index (χ3v) is 5.83. The molecular formula is C21H24Cl2FN3O3. The molecular weight excluding hydrogens is 432 g/mol. The fourth-order valence-electron chi connectivity index (χ4n) is 3.42. The molecule has 1 fully saturated rings. The zero-order valence-corrected chi connectivity index (χ0v) is 18.6. The molecule has 1 atom stereocenters. The maximum Gasteiger partial charge on any atom is 0.257 e. The average molecular weight is 456 g/mol. The quantitative estimate of drug-likeness (QED) is 0.649. The number of benzene rings is 1. The summed E-state index contributed by atoms with van der Waals surface area (Å²) in [5.74, 6) is -0.359. The molecule has 30 heavy (non-hydrogen) atoms. The molecule has 0 unspecified atom stereocenters. The summed E-state index contributed by atoms with van der Waals surface area (Å²) in [6.07, 6.45) is 2.52. The van der Waals surface area contributed by atoms with Crippen LogP contribution in [0.15, 0.2) is 24.4 Å². The van der Waals surface area contributed by atoms with Gasteiger partial charge < -0.3 is 19.7 Å². The Bertz CT molecular complexity index is 921. The molecule has 1 saturated heterocycles. The number of hydrogen-bond donors (Lipinski definition) is 1. The fourth-order valence-corrected chi connectivity index (χ4v) is 4.10. The Hall–Kier alpha value is -2.09. The van der Waals surface area contributed by atoms with E-state index in [1.807, 2.05) is 0 Å². The van der Waals surface area contributed by atoms with Crippen molar-refractivity contribution in [2.24, 2.45) is 0 Å². The molecule has 3 rings (SSSR count). The summed E-state index contributed by atoms with van der Waals surface area (Å²) < 4.78 is 25.0. The highest BCUT2D eigenvalue weighted by Gasteiger charge is 2.23. The monoisotopic (exact) mass is 455 g/mol. The van der Waals surface area contributed by atoms with E-state index in [1.54, 1.807) is 13.0 Å². The van der Waals surface area contributed by atoms with E-state index in [1.165, 1.54) is 25.4 Å². The number of nitrogens with one attached hydrogen (secondary N) is 1. The standard InChI is InChI=1S/C21H24Cl2FN3O3/c1-12(18-16(22)4-5-17(24)19(18)23)30-14-10-15(21(29-3)25-11-14)20(28)26-13-6-8-27(2)9-7-13/h4-5,10-13H,6-9H2,1-3H3,(H,26,28)/t12-/m1/s1. The summed E-state index contributed by atoms with van der Waals surface area (Å²) in [4.78, 5) is 19.2. The first kappa shape index (κ1) is 22.6. The molecule has 1 aliphatic rings. The van der Waals surface area contributed by atoms with Gasteiger partial charge in [-0.2, -0.15) is 0 Å².